The van der Waals surface area contributed by atoms with E-state index in [-0.39, 0.29) is 5.91 Å². The van der Waals surface area contributed by atoms with E-state index in [0.717, 1.165) is 18.7 Å². The number of carbonyl (C=O) groups excluding carboxylic acids is 1. The summed E-state index contributed by atoms with van der Waals surface area (Å²) in [6, 6.07) is 2.17. The summed E-state index contributed by atoms with van der Waals surface area (Å²) in [5, 5.41) is 12.9. The molecular formula is C10H16N4O. The van der Waals surface area contributed by atoms with E-state index in [9.17, 15) is 4.79 Å². The molecule has 5 heteroatoms. The van der Waals surface area contributed by atoms with Crippen molar-refractivity contribution in [1.82, 2.24) is 20.8 Å². The molecule has 1 atom stereocenters. The van der Waals surface area contributed by atoms with Crippen LogP contribution in [0.5, 0.6) is 0 Å². The highest BCUT2D eigenvalue weighted by Crippen LogP contribution is 2.03. The summed E-state index contributed by atoms with van der Waals surface area (Å²) in [5.41, 5.74) is 1.37. The molecule has 5 nitrogen and oxygen atoms in total. The van der Waals surface area contributed by atoms with Crippen LogP contribution in [0.1, 0.15) is 29.0 Å². The van der Waals surface area contributed by atoms with Crippen molar-refractivity contribution < 1.29 is 4.79 Å². The number of hydrogen-bond donors (Lipinski definition) is 3. The summed E-state index contributed by atoms with van der Waals surface area (Å²) >= 11 is 0. The molecule has 2 rings (SSSR count). The van der Waals surface area contributed by atoms with Gasteiger partial charge in [-0.2, -0.15) is 5.10 Å². The lowest BCUT2D eigenvalue weighted by molar-refractivity contribution is 0.0945. The molecule has 0 spiro atoms. The van der Waals surface area contributed by atoms with Gasteiger partial charge >= 0.3 is 0 Å². The fourth-order valence-corrected chi connectivity index (χ4v) is 1.77. The van der Waals surface area contributed by atoms with Gasteiger partial charge in [0.2, 0.25) is 0 Å². The van der Waals surface area contributed by atoms with E-state index in [0.29, 0.717) is 18.3 Å². The van der Waals surface area contributed by atoms with E-state index in [1.165, 1.54) is 6.42 Å². The number of aromatic nitrogens is 2. The standard InChI is InChI=1S/C10H16N4O/c1-7-5-9(14-13-7)10(15)12-6-8-3-2-4-11-8/h5,8,11H,2-4,6H2,1H3,(H,12,15)(H,13,14). The lowest BCUT2D eigenvalue weighted by atomic mass is 10.2. The molecule has 15 heavy (non-hydrogen) atoms. The zero-order chi connectivity index (χ0) is 10.7. The van der Waals surface area contributed by atoms with Crippen LogP contribution in [0.15, 0.2) is 6.07 Å². The maximum Gasteiger partial charge on any atom is 0.271 e. The summed E-state index contributed by atoms with van der Waals surface area (Å²) in [6.45, 7) is 3.62. The topological polar surface area (TPSA) is 69.8 Å². The van der Waals surface area contributed by atoms with E-state index < -0.39 is 0 Å². The number of H-pyrrole nitrogens is 1. The molecule has 3 N–H and O–H groups in total. The molecule has 1 unspecified atom stereocenters. The Labute approximate surface area is 88.6 Å². The quantitative estimate of drug-likeness (QED) is 0.664. The zero-order valence-electron chi connectivity index (χ0n) is 8.84. The Kier molecular flexibility index (Phi) is 3.01. The van der Waals surface area contributed by atoms with Gasteiger partial charge in [0.1, 0.15) is 5.69 Å². The number of nitrogens with one attached hydrogen (secondary N) is 3. The van der Waals surface area contributed by atoms with Crippen LogP contribution in [0.25, 0.3) is 0 Å². The fourth-order valence-electron chi connectivity index (χ4n) is 1.77. The largest absolute Gasteiger partial charge is 0.349 e. The van der Waals surface area contributed by atoms with E-state index in [1.807, 2.05) is 6.92 Å². The molecule has 1 aliphatic rings. The molecular weight excluding hydrogens is 192 g/mol. The first-order valence-electron chi connectivity index (χ1n) is 5.29. The van der Waals surface area contributed by atoms with Gasteiger partial charge < -0.3 is 10.6 Å². The van der Waals surface area contributed by atoms with E-state index in [4.69, 9.17) is 0 Å². The van der Waals surface area contributed by atoms with Crippen LogP contribution in [0, 0.1) is 6.92 Å². The molecule has 0 radical (unpaired) electrons. The lowest BCUT2D eigenvalue weighted by Gasteiger charge is -2.10. The van der Waals surface area contributed by atoms with Gasteiger partial charge in [0.05, 0.1) is 0 Å². The molecule has 1 amide bonds. The summed E-state index contributed by atoms with van der Waals surface area (Å²) < 4.78 is 0. The molecule has 0 bridgehead atoms. The second-order valence-electron chi connectivity index (χ2n) is 3.94. The first-order valence-corrected chi connectivity index (χ1v) is 5.29. The minimum Gasteiger partial charge on any atom is -0.349 e. The van der Waals surface area contributed by atoms with Gasteiger partial charge in [0.25, 0.3) is 5.91 Å². The van der Waals surface area contributed by atoms with Crippen molar-refractivity contribution in [3.05, 3.63) is 17.5 Å². The third-order valence-electron chi connectivity index (χ3n) is 2.61. The van der Waals surface area contributed by atoms with E-state index in [2.05, 4.69) is 20.8 Å². The Bertz CT molecular complexity index is 341. The average molecular weight is 208 g/mol. The average Bonchev–Trinajstić information content (AvgIpc) is 2.84. The predicted octanol–water partition coefficient (Wildman–Crippen LogP) is 0.200. The molecule has 0 aromatic carbocycles. The maximum absolute atomic E-state index is 11.6. The van der Waals surface area contributed by atoms with Gasteiger partial charge in [-0.1, -0.05) is 0 Å². The second kappa shape index (κ2) is 4.44. The maximum atomic E-state index is 11.6. The van der Waals surface area contributed by atoms with Gasteiger partial charge in [0.15, 0.2) is 0 Å². The van der Waals surface area contributed by atoms with Crippen LogP contribution >= 0.6 is 0 Å². The predicted molar refractivity (Wildman–Crippen MR) is 56.7 cm³/mol. The normalized spacial score (nSPS) is 20.5. The molecule has 2 heterocycles. The summed E-state index contributed by atoms with van der Waals surface area (Å²) in [6.07, 6.45) is 2.34. The van der Waals surface area contributed by atoms with Crippen molar-refractivity contribution in [2.75, 3.05) is 13.1 Å². The van der Waals surface area contributed by atoms with Gasteiger partial charge in [-0.3, -0.25) is 9.89 Å². The van der Waals surface area contributed by atoms with E-state index >= 15 is 0 Å². The Morgan fingerprint density at radius 2 is 2.60 bits per heavy atom. The molecule has 0 saturated carbocycles. The molecule has 1 aromatic rings. The number of amides is 1. The van der Waals surface area contributed by atoms with Gasteiger partial charge in [-0.05, 0) is 32.4 Å². The van der Waals surface area contributed by atoms with Crippen LogP contribution in [-0.2, 0) is 0 Å². The monoisotopic (exact) mass is 208 g/mol. The molecule has 1 aliphatic heterocycles. The van der Waals surface area contributed by atoms with Crippen LogP contribution in [-0.4, -0.2) is 35.2 Å². The highest BCUT2D eigenvalue weighted by molar-refractivity contribution is 5.92. The van der Waals surface area contributed by atoms with Crippen LogP contribution in [0.4, 0.5) is 0 Å². The summed E-state index contributed by atoms with van der Waals surface area (Å²) in [5.74, 6) is -0.104. The summed E-state index contributed by atoms with van der Waals surface area (Å²) in [7, 11) is 0. The first-order chi connectivity index (χ1) is 7.25. The smallest absolute Gasteiger partial charge is 0.271 e. The number of carbonyl (C=O) groups is 1. The molecule has 82 valence electrons. The van der Waals surface area contributed by atoms with E-state index in [1.54, 1.807) is 6.07 Å². The highest BCUT2D eigenvalue weighted by Gasteiger charge is 2.16. The zero-order valence-corrected chi connectivity index (χ0v) is 8.84. The number of aromatic amines is 1. The second-order valence-corrected chi connectivity index (χ2v) is 3.94. The first kappa shape index (κ1) is 10.2. The minimum atomic E-state index is -0.104. The number of aryl methyl sites for hydroxylation is 1. The van der Waals surface area contributed by atoms with Crippen molar-refractivity contribution in [2.24, 2.45) is 0 Å². The van der Waals surface area contributed by atoms with Gasteiger partial charge in [-0.15, -0.1) is 0 Å². The highest BCUT2D eigenvalue weighted by atomic mass is 16.1. The third kappa shape index (κ3) is 2.56. The minimum absolute atomic E-state index is 0.104. The molecule has 1 saturated heterocycles. The van der Waals surface area contributed by atoms with Crippen molar-refractivity contribution in [2.45, 2.75) is 25.8 Å². The Hall–Kier alpha value is -1.36. The van der Waals surface area contributed by atoms with Crippen LogP contribution in [0.2, 0.25) is 0 Å². The number of rotatable bonds is 3. The lowest BCUT2D eigenvalue weighted by Crippen LogP contribution is -2.37. The summed E-state index contributed by atoms with van der Waals surface area (Å²) in [4.78, 5) is 11.6. The number of hydrogen-bond acceptors (Lipinski definition) is 3. The van der Waals surface area contributed by atoms with Gasteiger partial charge in [0, 0.05) is 18.3 Å². The molecule has 1 fully saturated rings. The Morgan fingerprint density at radius 3 is 3.20 bits per heavy atom. The van der Waals surface area contributed by atoms with Gasteiger partial charge in [-0.25, -0.2) is 0 Å². The Morgan fingerprint density at radius 1 is 1.73 bits per heavy atom. The third-order valence-corrected chi connectivity index (χ3v) is 2.61. The van der Waals surface area contributed by atoms with Crippen molar-refractivity contribution in [3.63, 3.8) is 0 Å². The Balaban J connectivity index is 1.81. The fraction of sp³-hybridized carbons (Fsp3) is 0.600. The SMILES string of the molecule is Cc1cc(C(=O)NCC2CCCN2)n[nH]1. The number of nitrogens with zero attached hydrogens (tertiary/aromatic N) is 1. The van der Waals surface area contributed by atoms with Crippen molar-refractivity contribution in [1.29, 1.82) is 0 Å². The molecule has 1 aromatic heterocycles. The van der Waals surface area contributed by atoms with Crippen LogP contribution in [0.3, 0.4) is 0 Å². The van der Waals surface area contributed by atoms with Crippen molar-refractivity contribution in [3.8, 4) is 0 Å². The molecule has 0 aliphatic carbocycles. The van der Waals surface area contributed by atoms with Crippen LogP contribution < -0.4 is 10.6 Å². The van der Waals surface area contributed by atoms with Crippen molar-refractivity contribution >= 4 is 5.91 Å².